The highest BCUT2D eigenvalue weighted by molar-refractivity contribution is 6.13. The van der Waals surface area contributed by atoms with Crippen LogP contribution in [0.1, 0.15) is 17.3 Å². The zero-order valence-corrected chi connectivity index (χ0v) is 8.47. The highest BCUT2D eigenvalue weighted by atomic mass is 16.1. The van der Waals surface area contributed by atoms with E-state index in [-0.39, 0.29) is 5.78 Å². The molecule has 1 aromatic heterocycles. The van der Waals surface area contributed by atoms with Gasteiger partial charge >= 0.3 is 0 Å². The van der Waals surface area contributed by atoms with Gasteiger partial charge in [-0.25, -0.2) is 0 Å². The average molecular weight is 197 g/mol. The summed E-state index contributed by atoms with van der Waals surface area (Å²) in [5.41, 5.74) is 0.707. The molecule has 0 aliphatic rings. The van der Waals surface area contributed by atoms with Crippen LogP contribution in [0, 0.1) is 0 Å². The Morgan fingerprint density at radius 3 is 3.00 bits per heavy atom. The first-order chi connectivity index (χ1) is 7.33. The third-order valence-corrected chi connectivity index (χ3v) is 2.27. The number of fused-ring (bicyclic) bond motifs is 1. The lowest BCUT2D eigenvalue weighted by atomic mass is 10.0. The van der Waals surface area contributed by atoms with Gasteiger partial charge in [-0.3, -0.25) is 9.78 Å². The van der Waals surface area contributed by atoms with E-state index in [2.05, 4.69) is 4.98 Å². The second kappa shape index (κ2) is 4.05. The van der Waals surface area contributed by atoms with Gasteiger partial charge in [0.05, 0.1) is 0 Å². The van der Waals surface area contributed by atoms with Gasteiger partial charge in [0.25, 0.3) is 0 Å². The molecule has 0 aliphatic carbocycles. The fraction of sp³-hybridized carbons (Fsp3) is 0.0769. The van der Waals surface area contributed by atoms with Crippen molar-refractivity contribution in [1.29, 1.82) is 0 Å². The van der Waals surface area contributed by atoms with Gasteiger partial charge in [-0.05, 0) is 24.5 Å². The van der Waals surface area contributed by atoms with Crippen LogP contribution in [-0.2, 0) is 0 Å². The molecule has 0 radical (unpaired) electrons. The highest BCUT2D eigenvalue weighted by Crippen LogP contribution is 2.17. The number of nitrogens with zero attached hydrogens (tertiary/aromatic N) is 1. The number of carbonyl (C=O) groups is 1. The summed E-state index contributed by atoms with van der Waals surface area (Å²) in [7, 11) is 0. The number of benzene rings is 1. The molecular weight excluding hydrogens is 186 g/mol. The van der Waals surface area contributed by atoms with E-state index in [0.717, 1.165) is 10.8 Å². The van der Waals surface area contributed by atoms with E-state index >= 15 is 0 Å². The zero-order valence-electron chi connectivity index (χ0n) is 8.47. The van der Waals surface area contributed by atoms with E-state index in [1.54, 1.807) is 24.5 Å². The summed E-state index contributed by atoms with van der Waals surface area (Å²) >= 11 is 0. The Hall–Kier alpha value is -1.96. The average Bonchev–Trinajstić information content (AvgIpc) is 2.28. The van der Waals surface area contributed by atoms with E-state index in [1.807, 2.05) is 31.2 Å². The predicted octanol–water partition coefficient (Wildman–Crippen LogP) is 2.99. The highest BCUT2D eigenvalue weighted by Gasteiger charge is 2.05. The maximum atomic E-state index is 11.7. The van der Waals surface area contributed by atoms with Gasteiger partial charge in [-0.1, -0.05) is 24.3 Å². The molecular formula is C13H11NO. The number of aromatic nitrogens is 1. The van der Waals surface area contributed by atoms with Crippen LogP contribution in [-0.4, -0.2) is 10.8 Å². The topological polar surface area (TPSA) is 30.0 Å². The van der Waals surface area contributed by atoms with Crippen molar-refractivity contribution >= 4 is 16.6 Å². The number of allylic oxidation sites excluding steroid dienone is 2. The van der Waals surface area contributed by atoms with Crippen LogP contribution >= 0.6 is 0 Å². The van der Waals surface area contributed by atoms with Gasteiger partial charge in [-0.15, -0.1) is 0 Å². The Balaban J connectivity index is 2.65. The summed E-state index contributed by atoms with van der Waals surface area (Å²) in [6.45, 7) is 1.83. The lowest BCUT2D eigenvalue weighted by Crippen LogP contribution is -1.95. The molecule has 0 fully saturated rings. The van der Waals surface area contributed by atoms with Crippen LogP contribution in [0.5, 0.6) is 0 Å². The molecule has 2 rings (SSSR count). The lowest BCUT2D eigenvalue weighted by Gasteiger charge is -2.01. The number of rotatable bonds is 2. The number of hydrogen-bond donors (Lipinski definition) is 0. The second-order valence-corrected chi connectivity index (χ2v) is 3.27. The van der Waals surface area contributed by atoms with E-state index < -0.39 is 0 Å². The first kappa shape index (κ1) is 9.59. The minimum atomic E-state index is 0.0242. The monoisotopic (exact) mass is 197 g/mol. The maximum Gasteiger partial charge on any atom is 0.186 e. The molecule has 2 nitrogen and oxygen atoms in total. The van der Waals surface area contributed by atoms with E-state index in [9.17, 15) is 4.79 Å². The molecule has 0 N–H and O–H groups in total. The largest absolute Gasteiger partial charge is 0.289 e. The van der Waals surface area contributed by atoms with Gasteiger partial charge < -0.3 is 0 Å². The predicted molar refractivity (Wildman–Crippen MR) is 60.9 cm³/mol. The summed E-state index contributed by atoms with van der Waals surface area (Å²) in [6, 6.07) is 7.59. The number of hydrogen-bond acceptors (Lipinski definition) is 2. The van der Waals surface area contributed by atoms with Crippen molar-refractivity contribution in [2.24, 2.45) is 0 Å². The fourth-order valence-electron chi connectivity index (χ4n) is 1.57. The van der Waals surface area contributed by atoms with Gasteiger partial charge in [0, 0.05) is 23.3 Å². The van der Waals surface area contributed by atoms with Gasteiger partial charge in [0.15, 0.2) is 5.78 Å². The minimum absolute atomic E-state index is 0.0242. The molecule has 0 atom stereocenters. The first-order valence-corrected chi connectivity index (χ1v) is 4.82. The number of carbonyl (C=O) groups excluding carboxylic acids is 1. The van der Waals surface area contributed by atoms with Crippen LogP contribution in [0.4, 0.5) is 0 Å². The Bertz CT molecular complexity index is 524. The van der Waals surface area contributed by atoms with Gasteiger partial charge in [0.2, 0.25) is 0 Å². The molecule has 0 spiro atoms. The Labute approximate surface area is 88.3 Å². The van der Waals surface area contributed by atoms with Crippen molar-refractivity contribution in [2.75, 3.05) is 0 Å². The van der Waals surface area contributed by atoms with Crippen LogP contribution < -0.4 is 0 Å². The molecule has 1 heterocycles. The van der Waals surface area contributed by atoms with Crippen molar-refractivity contribution in [2.45, 2.75) is 6.92 Å². The van der Waals surface area contributed by atoms with E-state index in [1.165, 1.54) is 0 Å². The quantitative estimate of drug-likeness (QED) is 0.547. The Morgan fingerprint density at radius 2 is 2.20 bits per heavy atom. The van der Waals surface area contributed by atoms with Crippen LogP contribution in [0.3, 0.4) is 0 Å². The Morgan fingerprint density at radius 1 is 1.33 bits per heavy atom. The molecule has 0 saturated carbocycles. The zero-order chi connectivity index (χ0) is 10.7. The van der Waals surface area contributed by atoms with Gasteiger partial charge in [0.1, 0.15) is 0 Å². The molecule has 2 heteroatoms. The second-order valence-electron chi connectivity index (χ2n) is 3.27. The first-order valence-electron chi connectivity index (χ1n) is 4.82. The molecule has 0 bridgehead atoms. The molecule has 0 saturated heterocycles. The molecule has 1 aromatic carbocycles. The molecule has 0 unspecified atom stereocenters. The molecule has 74 valence electrons. The normalized spacial score (nSPS) is 11.0. The van der Waals surface area contributed by atoms with E-state index in [4.69, 9.17) is 0 Å². The van der Waals surface area contributed by atoms with Crippen molar-refractivity contribution < 1.29 is 4.79 Å². The Kier molecular flexibility index (Phi) is 2.59. The summed E-state index contributed by atoms with van der Waals surface area (Å²) in [5.74, 6) is 0.0242. The van der Waals surface area contributed by atoms with E-state index in [0.29, 0.717) is 5.56 Å². The summed E-state index contributed by atoms with van der Waals surface area (Å²) in [5, 5.41) is 1.95. The van der Waals surface area contributed by atoms with Crippen molar-refractivity contribution in [1.82, 2.24) is 4.98 Å². The fourth-order valence-corrected chi connectivity index (χ4v) is 1.57. The van der Waals surface area contributed by atoms with Crippen LogP contribution in [0.2, 0.25) is 0 Å². The van der Waals surface area contributed by atoms with Gasteiger partial charge in [-0.2, -0.15) is 0 Å². The molecule has 2 aromatic rings. The summed E-state index contributed by atoms with van der Waals surface area (Å²) in [4.78, 5) is 15.8. The standard InChI is InChI=1S/C13H11NO/c1-2-4-13(15)11-6-3-5-10-7-8-14-9-12(10)11/h2-9H,1H3/b4-2+. The minimum Gasteiger partial charge on any atom is -0.289 e. The number of pyridine rings is 1. The van der Waals surface area contributed by atoms with Crippen LogP contribution in [0.25, 0.3) is 10.8 Å². The van der Waals surface area contributed by atoms with Crippen LogP contribution in [0.15, 0.2) is 48.8 Å². The summed E-state index contributed by atoms with van der Waals surface area (Å²) in [6.07, 6.45) is 6.78. The molecule has 0 amide bonds. The smallest absolute Gasteiger partial charge is 0.186 e. The molecule has 15 heavy (non-hydrogen) atoms. The summed E-state index contributed by atoms with van der Waals surface area (Å²) < 4.78 is 0. The third kappa shape index (κ3) is 1.79. The SMILES string of the molecule is C/C=C/C(=O)c1cccc2ccncc12. The van der Waals surface area contributed by atoms with Crippen molar-refractivity contribution in [3.8, 4) is 0 Å². The maximum absolute atomic E-state index is 11.7. The van der Waals surface area contributed by atoms with Crippen molar-refractivity contribution in [3.05, 3.63) is 54.4 Å². The molecule has 0 aliphatic heterocycles. The van der Waals surface area contributed by atoms with Crippen molar-refractivity contribution in [3.63, 3.8) is 0 Å². The third-order valence-electron chi connectivity index (χ3n) is 2.27. The lowest BCUT2D eigenvalue weighted by molar-refractivity contribution is 0.104. The number of ketones is 1.